The number of carbonyl (C=O) groups excluding carboxylic acids is 2. The molecule has 0 aliphatic heterocycles. The van der Waals surface area contributed by atoms with Gasteiger partial charge in [0.2, 0.25) is 0 Å². The Balaban J connectivity index is 1.51. The van der Waals surface area contributed by atoms with Crippen LogP contribution in [0.3, 0.4) is 0 Å². The van der Waals surface area contributed by atoms with E-state index in [-0.39, 0.29) is 24.3 Å². The summed E-state index contributed by atoms with van der Waals surface area (Å²) in [5.41, 5.74) is 1.38. The molecule has 1 atom stereocenters. The molecular formula is C26H29ClN4O6. The van der Waals surface area contributed by atoms with Crippen LogP contribution in [-0.2, 0) is 9.47 Å². The van der Waals surface area contributed by atoms with Crippen molar-refractivity contribution in [3.05, 3.63) is 53.2 Å². The Bertz CT molecular complexity index is 1280. The lowest BCUT2D eigenvalue weighted by Gasteiger charge is -2.15. The van der Waals surface area contributed by atoms with E-state index < -0.39 is 0 Å². The molecule has 37 heavy (non-hydrogen) atoms. The van der Waals surface area contributed by atoms with E-state index in [2.05, 4.69) is 20.9 Å². The van der Waals surface area contributed by atoms with Crippen molar-refractivity contribution in [2.24, 2.45) is 0 Å². The highest BCUT2D eigenvalue weighted by molar-refractivity contribution is 6.33. The Hall–Kier alpha value is -3.60. The minimum Gasteiger partial charge on any atom is -0.496 e. The molecule has 1 fully saturated rings. The SMILES string of the molecule is COc1cc2nccc(Oc3ccc(NC(=O)NC4CC4)c(Cl)c3)c2cc1C(=O)NCCOC(C)OC. The van der Waals surface area contributed by atoms with Gasteiger partial charge in [0.05, 0.1) is 35.5 Å². The van der Waals surface area contributed by atoms with Gasteiger partial charge in [0.25, 0.3) is 5.91 Å². The molecule has 1 aliphatic carbocycles. The Morgan fingerprint density at radius 3 is 2.65 bits per heavy atom. The predicted octanol–water partition coefficient (Wildman–Crippen LogP) is 4.71. The zero-order valence-corrected chi connectivity index (χ0v) is 21.6. The molecule has 0 bridgehead atoms. The normalized spacial score (nSPS) is 13.6. The highest BCUT2D eigenvalue weighted by Gasteiger charge is 2.23. The van der Waals surface area contributed by atoms with Crippen LogP contribution in [0.15, 0.2) is 42.6 Å². The van der Waals surface area contributed by atoms with Gasteiger partial charge in [0.15, 0.2) is 6.29 Å². The van der Waals surface area contributed by atoms with Crippen LogP contribution in [0.25, 0.3) is 10.9 Å². The summed E-state index contributed by atoms with van der Waals surface area (Å²) >= 11 is 6.38. The first-order valence-corrected chi connectivity index (χ1v) is 12.2. The molecule has 1 saturated carbocycles. The topological polar surface area (TPSA) is 120 Å². The van der Waals surface area contributed by atoms with Crippen LogP contribution in [0.5, 0.6) is 17.2 Å². The number of methoxy groups -OCH3 is 2. The molecule has 0 saturated heterocycles. The minimum absolute atomic E-state index is 0.236. The second-order valence-corrected chi connectivity index (χ2v) is 8.83. The number of aromatic nitrogens is 1. The molecule has 0 radical (unpaired) electrons. The van der Waals surface area contributed by atoms with E-state index in [9.17, 15) is 9.59 Å². The largest absolute Gasteiger partial charge is 0.496 e. The maximum absolute atomic E-state index is 12.9. The lowest BCUT2D eigenvalue weighted by molar-refractivity contribution is -0.109. The molecule has 4 rings (SSSR count). The van der Waals surface area contributed by atoms with Crippen LogP contribution >= 0.6 is 11.6 Å². The summed E-state index contributed by atoms with van der Waals surface area (Å²) in [5.74, 6) is 0.980. The van der Waals surface area contributed by atoms with Crippen molar-refractivity contribution in [1.82, 2.24) is 15.6 Å². The first-order valence-electron chi connectivity index (χ1n) is 11.8. The number of anilines is 1. The van der Waals surface area contributed by atoms with Gasteiger partial charge >= 0.3 is 6.03 Å². The van der Waals surface area contributed by atoms with E-state index in [1.54, 1.807) is 56.6 Å². The third-order valence-electron chi connectivity index (χ3n) is 5.67. The van der Waals surface area contributed by atoms with Crippen molar-refractivity contribution < 1.29 is 28.5 Å². The molecule has 1 aliphatic rings. The average molecular weight is 529 g/mol. The van der Waals surface area contributed by atoms with Crippen molar-refractivity contribution in [3.63, 3.8) is 0 Å². The second kappa shape index (κ2) is 12.1. The van der Waals surface area contributed by atoms with Gasteiger partial charge in [-0.05, 0) is 44.0 Å². The smallest absolute Gasteiger partial charge is 0.319 e. The molecule has 2 aromatic carbocycles. The number of amides is 3. The molecule has 0 spiro atoms. The van der Waals surface area contributed by atoms with Gasteiger partial charge in [0.1, 0.15) is 17.2 Å². The number of carbonyl (C=O) groups is 2. The van der Waals surface area contributed by atoms with Crippen LogP contribution in [0.1, 0.15) is 30.1 Å². The fraction of sp³-hybridized carbons (Fsp3) is 0.346. The van der Waals surface area contributed by atoms with Gasteiger partial charge in [0, 0.05) is 43.4 Å². The number of halogens is 1. The lowest BCUT2D eigenvalue weighted by Crippen LogP contribution is -2.30. The first kappa shape index (κ1) is 26.5. The quantitative estimate of drug-likeness (QED) is 0.243. The third kappa shape index (κ3) is 7.00. The number of ether oxygens (including phenoxy) is 4. The number of hydrogen-bond acceptors (Lipinski definition) is 7. The van der Waals surface area contributed by atoms with E-state index >= 15 is 0 Å². The van der Waals surface area contributed by atoms with Gasteiger partial charge in [-0.2, -0.15) is 0 Å². The number of benzene rings is 2. The van der Waals surface area contributed by atoms with E-state index in [0.29, 0.717) is 57.6 Å². The molecule has 3 amide bonds. The van der Waals surface area contributed by atoms with Crippen LogP contribution in [-0.4, -0.2) is 56.6 Å². The average Bonchev–Trinajstić information content (AvgIpc) is 3.71. The number of urea groups is 1. The summed E-state index contributed by atoms with van der Waals surface area (Å²) < 4.78 is 22.0. The fourth-order valence-corrected chi connectivity index (χ4v) is 3.71. The van der Waals surface area contributed by atoms with Crippen molar-refractivity contribution in [3.8, 4) is 17.2 Å². The standard InChI is InChI=1S/C26H29ClN4O6/c1-15(34-2)36-11-10-29-25(32)19-13-18-22(14-24(19)35-3)28-9-8-23(18)37-17-6-7-21(20(27)12-17)31-26(33)30-16-4-5-16/h6-9,12-16H,4-5,10-11H2,1-3H3,(H,29,32)(H2,30,31,33). The molecular weight excluding hydrogens is 500 g/mol. The maximum atomic E-state index is 12.9. The van der Waals surface area contributed by atoms with Gasteiger partial charge in [-0.1, -0.05) is 11.6 Å². The predicted molar refractivity (Wildman–Crippen MR) is 140 cm³/mol. The van der Waals surface area contributed by atoms with Crippen molar-refractivity contribution in [2.45, 2.75) is 32.1 Å². The molecule has 1 aromatic heterocycles. The summed E-state index contributed by atoms with van der Waals surface area (Å²) in [6.07, 6.45) is 3.22. The monoisotopic (exact) mass is 528 g/mol. The Morgan fingerprint density at radius 2 is 1.95 bits per heavy atom. The highest BCUT2D eigenvalue weighted by Crippen LogP contribution is 2.35. The molecule has 1 heterocycles. The summed E-state index contributed by atoms with van der Waals surface area (Å²) in [7, 11) is 3.04. The number of nitrogens with zero attached hydrogens (tertiary/aromatic N) is 1. The molecule has 11 heteroatoms. The Morgan fingerprint density at radius 1 is 1.14 bits per heavy atom. The number of pyridine rings is 1. The summed E-state index contributed by atoms with van der Waals surface area (Å²) in [6, 6.07) is 9.96. The molecule has 3 N–H and O–H groups in total. The van der Waals surface area contributed by atoms with Crippen molar-refractivity contribution in [1.29, 1.82) is 0 Å². The van der Waals surface area contributed by atoms with Crippen LogP contribution in [0.2, 0.25) is 5.02 Å². The zero-order valence-electron chi connectivity index (χ0n) is 20.8. The highest BCUT2D eigenvalue weighted by atomic mass is 35.5. The van der Waals surface area contributed by atoms with Crippen molar-refractivity contribution >= 4 is 40.1 Å². The Kier molecular flexibility index (Phi) is 8.65. The van der Waals surface area contributed by atoms with E-state index in [1.165, 1.54) is 7.11 Å². The van der Waals surface area contributed by atoms with Gasteiger partial charge in [-0.3, -0.25) is 9.78 Å². The molecule has 196 valence electrons. The van der Waals surface area contributed by atoms with E-state index in [4.69, 9.17) is 30.5 Å². The van der Waals surface area contributed by atoms with Crippen LogP contribution in [0, 0.1) is 0 Å². The number of nitrogens with one attached hydrogen (secondary N) is 3. The van der Waals surface area contributed by atoms with Crippen LogP contribution < -0.4 is 25.4 Å². The fourth-order valence-electron chi connectivity index (χ4n) is 3.50. The number of hydrogen-bond donors (Lipinski definition) is 3. The van der Waals surface area contributed by atoms with E-state index in [0.717, 1.165) is 12.8 Å². The van der Waals surface area contributed by atoms with Crippen LogP contribution in [0.4, 0.5) is 10.5 Å². The minimum atomic E-state index is -0.365. The number of fused-ring (bicyclic) bond motifs is 1. The maximum Gasteiger partial charge on any atom is 0.319 e. The van der Waals surface area contributed by atoms with E-state index in [1.807, 2.05) is 0 Å². The number of rotatable bonds is 11. The third-order valence-corrected chi connectivity index (χ3v) is 5.98. The van der Waals surface area contributed by atoms with Gasteiger partial charge in [-0.25, -0.2) is 4.79 Å². The first-order chi connectivity index (χ1) is 17.9. The van der Waals surface area contributed by atoms with Crippen molar-refractivity contribution in [2.75, 3.05) is 32.7 Å². The van der Waals surface area contributed by atoms with Gasteiger partial charge < -0.3 is 34.9 Å². The second-order valence-electron chi connectivity index (χ2n) is 8.43. The molecule has 10 nitrogen and oxygen atoms in total. The summed E-state index contributed by atoms with van der Waals surface area (Å²) in [6.45, 7) is 2.36. The zero-order chi connectivity index (χ0) is 26.4. The summed E-state index contributed by atoms with van der Waals surface area (Å²) in [5, 5.41) is 9.34. The summed E-state index contributed by atoms with van der Waals surface area (Å²) in [4.78, 5) is 29.3. The molecule has 1 unspecified atom stereocenters. The molecule has 3 aromatic rings. The lowest BCUT2D eigenvalue weighted by atomic mass is 10.1. The Labute approximate surface area is 219 Å². The van der Waals surface area contributed by atoms with Gasteiger partial charge in [-0.15, -0.1) is 0 Å².